The third-order valence-electron chi connectivity index (χ3n) is 5.17. The molecule has 1 fully saturated rings. The van der Waals surface area contributed by atoms with Gasteiger partial charge in [0, 0.05) is 51.5 Å². The Morgan fingerprint density at radius 2 is 1.50 bits per heavy atom. The van der Waals surface area contributed by atoms with Gasteiger partial charge in [-0.3, -0.25) is 14.5 Å². The molecule has 5 nitrogen and oxygen atoms in total. The van der Waals surface area contributed by atoms with Gasteiger partial charge in [0.25, 0.3) is 0 Å². The fourth-order valence-corrected chi connectivity index (χ4v) is 3.38. The van der Waals surface area contributed by atoms with E-state index in [1.165, 1.54) is 6.42 Å². The van der Waals surface area contributed by atoms with Gasteiger partial charge in [0.2, 0.25) is 5.91 Å². The molecule has 5 heteroatoms. The summed E-state index contributed by atoms with van der Waals surface area (Å²) >= 11 is 0. The van der Waals surface area contributed by atoms with Crippen molar-refractivity contribution in [3.05, 3.63) is 0 Å². The highest BCUT2D eigenvalue weighted by molar-refractivity contribution is 5.77. The van der Waals surface area contributed by atoms with Gasteiger partial charge < -0.3 is 10.2 Å². The van der Waals surface area contributed by atoms with E-state index in [1.807, 2.05) is 11.8 Å². The van der Waals surface area contributed by atoms with E-state index in [1.54, 1.807) is 0 Å². The Morgan fingerprint density at radius 1 is 0.885 bits per heavy atom. The van der Waals surface area contributed by atoms with Gasteiger partial charge >= 0.3 is 0 Å². The number of amides is 1. The summed E-state index contributed by atoms with van der Waals surface area (Å²) in [4.78, 5) is 28.1. The van der Waals surface area contributed by atoms with Crippen molar-refractivity contribution >= 4 is 11.7 Å². The molecule has 0 saturated carbocycles. The van der Waals surface area contributed by atoms with E-state index in [4.69, 9.17) is 0 Å². The zero-order chi connectivity index (χ0) is 19.2. The molecule has 1 heterocycles. The average Bonchev–Trinajstić information content (AvgIpc) is 2.64. The molecule has 0 spiro atoms. The second-order valence-corrected chi connectivity index (χ2v) is 7.84. The number of carbonyl (C=O) groups excluding carboxylic acids is 2. The summed E-state index contributed by atoms with van der Waals surface area (Å²) in [6, 6.07) is 0.559. The number of Topliss-reactive ketones (excluding diaryl/α,β-unsaturated/α-hetero) is 1. The molecule has 0 aromatic carbocycles. The lowest BCUT2D eigenvalue weighted by atomic mass is 10.1. The van der Waals surface area contributed by atoms with Gasteiger partial charge in [-0.2, -0.15) is 0 Å². The Hall–Kier alpha value is -0.940. The first-order valence-corrected chi connectivity index (χ1v) is 10.8. The van der Waals surface area contributed by atoms with Crippen LogP contribution in [0.25, 0.3) is 0 Å². The van der Waals surface area contributed by atoms with E-state index >= 15 is 0 Å². The van der Waals surface area contributed by atoms with Crippen LogP contribution in [0.4, 0.5) is 0 Å². The Labute approximate surface area is 160 Å². The minimum Gasteiger partial charge on any atom is -0.340 e. The van der Waals surface area contributed by atoms with Crippen LogP contribution in [-0.2, 0) is 9.59 Å². The minimum atomic E-state index is 0.326. The number of rotatable bonds is 14. The third kappa shape index (κ3) is 10.9. The van der Waals surface area contributed by atoms with Crippen LogP contribution in [0.15, 0.2) is 0 Å². The summed E-state index contributed by atoms with van der Waals surface area (Å²) in [6.07, 6.45) is 8.62. The zero-order valence-electron chi connectivity index (χ0n) is 17.4. The number of nitrogens with zero attached hydrogens (tertiary/aromatic N) is 2. The number of ketones is 1. The molecule has 1 saturated heterocycles. The summed E-state index contributed by atoms with van der Waals surface area (Å²) in [5.41, 5.74) is 0. The number of hydrogen-bond acceptors (Lipinski definition) is 4. The lowest BCUT2D eigenvalue weighted by Crippen LogP contribution is -2.49. The average molecular weight is 368 g/mol. The molecule has 152 valence electrons. The largest absolute Gasteiger partial charge is 0.340 e. The lowest BCUT2D eigenvalue weighted by Gasteiger charge is -2.35. The number of hydrogen-bond donors (Lipinski definition) is 1. The second-order valence-electron chi connectivity index (χ2n) is 7.84. The van der Waals surface area contributed by atoms with Gasteiger partial charge in [0.1, 0.15) is 5.78 Å². The molecule has 0 aliphatic carbocycles. The molecule has 0 bridgehead atoms. The maximum atomic E-state index is 12.3. The van der Waals surface area contributed by atoms with Crippen molar-refractivity contribution in [2.75, 3.05) is 39.3 Å². The summed E-state index contributed by atoms with van der Waals surface area (Å²) in [5, 5.41) is 3.45. The van der Waals surface area contributed by atoms with Gasteiger partial charge in [0.05, 0.1) is 0 Å². The minimum absolute atomic E-state index is 0.326. The van der Waals surface area contributed by atoms with Crippen molar-refractivity contribution in [1.29, 1.82) is 0 Å². The molecule has 0 unspecified atom stereocenters. The standard InChI is InChI=1S/C21H41N3O2/c1-4-20(25)11-8-6-5-7-9-12-21(26)24-17-15-23(16-18-24)14-10-13-22-19(2)3/h19,22H,4-18H2,1-3H3. The smallest absolute Gasteiger partial charge is 0.222 e. The summed E-state index contributed by atoms with van der Waals surface area (Å²) in [7, 11) is 0. The van der Waals surface area contributed by atoms with Crippen LogP contribution in [0.5, 0.6) is 0 Å². The molecule has 1 N–H and O–H groups in total. The van der Waals surface area contributed by atoms with Crippen LogP contribution >= 0.6 is 0 Å². The van der Waals surface area contributed by atoms with Crippen LogP contribution in [0.2, 0.25) is 0 Å². The highest BCUT2D eigenvalue weighted by atomic mass is 16.2. The molecule has 0 radical (unpaired) electrons. The fraction of sp³-hybridized carbons (Fsp3) is 0.905. The van der Waals surface area contributed by atoms with Gasteiger partial charge in [0.15, 0.2) is 0 Å². The van der Waals surface area contributed by atoms with Crippen LogP contribution < -0.4 is 5.32 Å². The van der Waals surface area contributed by atoms with E-state index in [2.05, 4.69) is 24.1 Å². The highest BCUT2D eigenvalue weighted by Gasteiger charge is 2.20. The fourth-order valence-electron chi connectivity index (χ4n) is 3.38. The quantitative estimate of drug-likeness (QED) is 0.479. The monoisotopic (exact) mass is 367 g/mol. The summed E-state index contributed by atoms with van der Waals surface area (Å²) in [6.45, 7) is 12.3. The van der Waals surface area contributed by atoms with E-state index in [-0.39, 0.29) is 0 Å². The topological polar surface area (TPSA) is 52.7 Å². The Balaban J connectivity index is 1.99. The number of carbonyl (C=O) groups is 2. The Morgan fingerprint density at radius 3 is 2.12 bits per heavy atom. The second kappa shape index (κ2) is 14.2. The molecule has 0 aromatic heterocycles. The van der Waals surface area contributed by atoms with Crippen molar-refractivity contribution in [3.63, 3.8) is 0 Å². The van der Waals surface area contributed by atoms with Crippen molar-refractivity contribution < 1.29 is 9.59 Å². The predicted octanol–water partition coefficient (Wildman–Crippen LogP) is 3.23. The van der Waals surface area contributed by atoms with Crippen molar-refractivity contribution in [2.24, 2.45) is 0 Å². The van der Waals surface area contributed by atoms with Gasteiger partial charge in [-0.1, -0.05) is 40.0 Å². The lowest BCUT2D eigenvalue weighted by molar-refractivity contribution is -0.133. The van der Waals surface area contributed by atoms with E-state index in [9.17, 15) is 9.59 Å². The van der Waals surface area contributed by atoms with E-state index < -0.39 is 0 Å². The number of piperazine rings is 1. The van der Waals surface area contributed by atoms with E-state index in [0.29, 0.717) is 30.6 Å². The normalized spacial score (nSPS) is 15.6. The molecule has 1 aliphatic heterocycles. The molecule has 0 aromatic rings. The maximum Gasteiger partial charge on any atom is 0.222 e. The summed E-state index contributed by atoms with van der Waals surface area (Å²) < 4.78 is 0. The van der Waals surface area contributed by atoms with Crippen molar-refractivity contribution in [2.45, 2.75) is 84.6 Å². The first kappa shape index (κ1) is 23.1. The Bertz CT molecular complexity index is 391. The SMILES string of the molecule is CCC(=O)CCCCCCCC(=O)N1CCN(CCCNC(C)C)CC1. The molecule has 1 amide bonds. The molecule has 1 aliphatic rings. The maximum absolute atomic E-state index is 12.3. The summed E-state index contributed by atoms with van der Waals surface area (Å²) in [5.74, 6) is 0.697. The predicted molar refractivity (Wildman–Crippen MR) is 108 cm³/mol. The zero-order valence-corrected chi connectivity index (χ0v) is 17.4. The van der Waals surface area contributed by atoms with Crippen LogP contribution in [0, 0.1) is 0 Å². The van der Waals surface area contributed by atoms with Crippen molar-refractivity contribution in [1.82, 2.24) is 15.1 Å². The van der Waals surface area contributed by atoms with Gasteiger partial charge in [-0.25, -0.2) is 0 Å². The molecule has 26 heavy (non-hydrogen) atoms. The van der Waals surface area contributed by atoms with E-state index in [0.717, 1.165) is 77.8 Å². The molecular weight excluding hydrogens is 326 g/mol. The van der Waals surface area contributed by atoms with Gasteiger partial charge in [-0.15, -0.1) is 0 Å². The van der Waals surface area contributed by atoms with Crippen LogP contribution in [0.3, 0.4) is 0 Å². The van der Waals surface area contributed by atoms with Crippen LogP contribution in [-0.4, -0.2) is 66.8 Å². The number of unbranched alkanes of at least 4 members (excludes halogenated alkanes) is 4. The molecular formula is C21H41N3O2. The Kier molecular flexibility index (Phi) is 12.6. The first-order chi connectivity index (χ1) is 12.5. The molecule has 1 rings (SSSR count). The number of nitrogens with one attached hydrogen (secondary N) is 1. The van der Waals surface area contributed by atoms with Gasteiger partial charge in [-0.05, 0) is 32.4 Å². The highest BCUT2D eigenvalue weighted by Crippen LogP contribution is 2.11. The van der Waals surface area contributed by atoms with Crippen molar-refractivity contribution in [3.8, 4) is 0 Å². The third-order valence-corrected chi connectivity index (χ3v) is 5.17. The first-order valence-electron chi connectivity index (χ1n) is 10.8. The van der Waals surface area contributed by atoms with Crippen LogP contribution in [0.1, 0.15) is 78.6 Å². The molecule has 0 atom stereocenters.